The third kappa shape index (κ3) is 5.62. The number of likely N-dealkylation sites (N-methyl/N-ethyl adjacent to an activating group) is 1. The van der Waals surface area contributed by atoms with E-state index in [1.807, 2.05) is 0 Å². The van der Waals surface area contributed by atoms with Crippen LogP contribution in [-0.2, 0) is 20.9 Å². The zero-order valence-corrected chi connectivity index (χ0v) is 20.1. The molecule has 2 saturated heterocycles. The second-order valence-electron chi connectivity index (χ2n) is 8.79. The van der Waals surface area contributed by atoms with Crippen LogP contribution in [0.3, 0.4) is 0 Å². The summed E-state index contributed by atoms with van der Waals surface area (Å²) in [7, 11) is 0. The molecule has 2 aliphatic heterocycles. The summed E-state index contributed by atoms with van der Waals surface area (Å²) in [5, 5.41) is 2.79. The van der Waals surface area contributed by atoms with Crippen molar-refractivity contribution >= 4 is 23.6 Å². The number of cyclic esters (lactones) is 1. The van der Waals surface area contributed by atoms with Crippen LogP contribution in [-0.4, -0.2) is 71.4 Å². The lowest BCUT2D eigenvalue weighted by atomic mass is 9.99. The van der Waals surface area contributed by atoms with Gasteiger partial charge in [0.15, 0.2) is 12.1 Å². The molecule has 9 heteroatoms. The fraction of sp³-hybridized carbons (Fsp3) is 0.423. The van der Waals surface area contributed by atoms with E-state index < -0.39 is 24.1 Å². The molecule has 2 aromatic rings. The topological polar surface area (TPSA) is 82.2 Å². The molecule has 2 heterocycles. The second-order valence-corrected chi connectivity index (χ2v) is 8.79. The molecule has 0 aliphatic carbocycles. The van der Waals surface area contributed by atoms with Crippen molar-refractivity contribution < 1.29 is 23.5 Å². The minimum atomic E-state index is -0.880. The van der Waals surface area contributed by atoms with Crippen molar-refractivity contribution in [2.24, 2.45) is 0 Å². The van der Waals surface area contributed by atoms with Gasteiger partial charge >= 0.3 is 6.09 Å². The third-order valence-electron chi connectivity index (χ3n) is 6.56. The lowest BCUT2D eigenvalue weighted by Crippen LogP contribution is -2.54. The van der Waals surface area contributed by atoms with Crippen LogP contribution < -0.4 is 5.32 Å². The summed E-state index contributed by atoms with van der Waals surface area (Å²) in [4.78, 5) is 43.9. The van der Waals surface area contributed by atoms with Crippen LogP contribution >= 0.6 is 0 Å². The predicted octanol–water partition coefficient (Wildman–Crippen LogP) is 3.40. The fourth-order valence-corrected chi connectivity index (χ4v) is 4.50. The SMILES string of the molecule is CCC(=O)Nc1ccc(C2OC(=O)N(Cc3cccc(F)c3)C2C(=O)N2CCN(CC)CC2)cc1. The Morgan fingerprint density at radius 3 is 2.40 bits per heavy atom. The van der Waals surface area contributed by atoms with Crippen LogP contribution in [0.1, 0.15) is 37.5 Å². The van der Waals surface area contributed by atoms with Crippen LogP contribution in [0.25, 0.3) is 0 Å². The summed E-state index contributed by atoms with van der Waals surface area (Å²) in [6.07, 6.45) is -1.07. The van der Waals surface area contributed by atoms with Crippen LogP contribution in [0.2, 0.25) is 0 Å². The molecule has 2 aromatic carbocycles. The molecule has 8 nitrogen and oxygen atoms in total. The lowest BCUT2D eigenvalue weighted by Gasteiger charge is -2.37. The maximum Gasteiger partial charge on any atom is 0.411 e. The molecule has 0 radical (unpaired) electrons. The van der Waals surface area contributed by atoms with Crippen molar-refractivity contribution in [3.8, 4) is 0 Å². The smallest absolute Gasteiger partial charge is 0.411 e. The highest BCUT2D eigenvalue weighted by Gasteiger charge is 2.48. The first kappa shape index (κ1) is 24.7. The van der Waals surface area contributed by atoms with Crippen LogP contribution in [0, 0.1) is 5.82 Å². The van der Waals surface area contributed by atoms with Crippen molar-refractivity contribution in [1.82, 2.24) is 14.7 Å². The Morgan fingerprint density at radius 2 is 1.77 bits per heavy atom. The van der Waals surface area contributed by atoms with E-state index in [0.717, 1.165) is 19.6 Å². The van der Waals surface area contributed by atoms with Gasteiger partial charge in [0.2, 0.25) is 11.8 Å². The summed E-state index contributed by atoms with van der Waals surface area (Å²) in [5.74, 6) is -0.697. The average molecular weight is 483 g/mol. The van der Waals surface area contributed by atoms with E-state index in [1.165, 1.54) is 17.0 Å². The molecule has 2 aliphatic rings. The molecule has 0 spiro atoms. The Hall–Kier alpha value is -3.46. The highest BCUT2D eigenvalue weighted by molar-refractivity contribution is 5.91. The van der Waals surface area contributed by atoms with Crippen molar-refractivity contribution in [2.75, 3.05) is 38.0 Å². The first-order chi connectivity index (χ1) is 16.9. The molecule has 3 amide bonds. The minimum Gasteiger partial charge on any atom is -0.438 e. The third-order valence-corrected chi connectivity index (χ3v) is 6.56. The Kier molecular flexibility index (Phi) is 7.65. The van der Waals surface area contributed by atoms with Crippen molar-refractivity contribution in [1.29, 1.82) is 0 Å². The van der Waals surface area contributed by atoms with Gasteiger partial charge in [-0.1, -0.05) is 38.1 Å². The number of ether oxygens (including phenoxy) is 1. The zero-order chi connectivity index (χ0) is 24.9. The van der Waals surface area contributed by atoms with Crippen LogP contribution in [0.4, 0.5) is 14.9 Å². The summed E-state index contributed by atoms with van der Waals surface area (Å²) in [5.41, 5.74) is 1.86. The predicted molar refractivity (Wildman–Crippen MR) is 129 cm³/mol. The Morgan fingerprint density at radius 1 is 1.06 bits per heavy atom. The Balaban J connectivity index is 1.61. The number of nitrogens with one attached hydrogen (secondary N) is 1. The van der Waals surface area contributed by atoms with Gasteiger partial charge in [0.1, 0.15) is 5.82 Å². The summed E-state index contributed by atoms with van der Waals surface area (Å²) in [6, 6.07) is 12.1. The number of rotatable bonds is 7. The number of carbonyl (C=O) groups is 3. The van der Waals surface area contributed by atoms with Crippen LogP contribution in [0.15, 0.2) is 48.5 Å². The normalized spacial score (nSPS) is 20.6. The zero-order valence-electron chi connectivity index (χ0n) is 20.1. The van der Waals surface area contributed by atoms with Crippen molar-refractivity contribution in [2.45, 2.75) is 39.0 Å². The number of nitrogens with zero attached hydrogens (tertiary/aromatic N) is 3. The number of halogens is 1. The monoisotopic (exact) mass is 482 g/mol. The lowest BCUT2D eigenvalue weighted by molar-refractivity contribution is -0.138. The van der Waals surface area contributed by atoms with Gasteiger partial charge in [-0.25, -0.2) is 9.18 Å². The van der Waals surface area contributed by atoms with E-state index in [1.54, 1.807) is 48.2 Å². The summed E-state index contributed by atoms with van der Waals surface area (Å²) in [6.45, 7) is 7.51. The Bertz CT molecular complexity index is 1070. The van der Waals surface area contributed by atoms with E-state index in [2.05, 4.69) is 17.1 Å². The van der Waals surface area contributed by atoms with Crippen molar-refractivity contribution in [3.05, 3.63) is 65.5 Å². The molecule has 1 N–H and O–H groups in total. The largest absolute Gasteiger partial charge is 0.438 e. The molecule has 2 fully saturated rings. The standard InChI is InChI=1S/C26H31FN4O4/c1-3-22(32)28-21-10-8-19(9-11-21)24-23(25(33)30-14-12-29(4-2)13-15-30)31(26(34)35-24)17-18-6-5-7-20(27)16-18/h5-11,16,23-24H,3-4,12-15,17H2,1-2H3,(H,28,32). The van der Waals surface area contributed by atoms with Gasteiger partial charge in [-0.15, -0.1) is 0 Å². The van der Waals surface area contributed by atoms with Gasteiger partial charge in [0.25, 0.3) is 0 Å². The first-order valence-electron chi connectivity index (χ1n) is 12.0. The molecular weight excluding hydrogens is 451 g/mol. The van der Waals surface area contributed by atoms with Gasteiger partial charge in [-0.3, -0.25) is 14.5 Å². The number of piperazine rings is 1. The maximum atomic E-state index is 13.8. The summed E-state index contributed by atoms with van der Waals surface area (Å²) >= 11 is 0. The van der Waals surface area contributed by atoms with Crippen molar-refractivity contribution in [3.63, 3.8) is 0 Å². The number of amides is 3. The molecule has 186 valence electrons. The molecule has 0 aromatic heterocycles. The van der Waals surface area contributed by atoms with Crippen LogP contribution in [0.5, 0.6) is 0 Å². The first-order valence-corrected chi connectivity index (χ1v) is 12.0. The van der Waals surface area contributed by atoms with E-state index in [4.69, 9.17) is 4.74 Å². The molecule has 0 bridgehead atoms. The van der Waals surface area contributed by atoms with E-state index in [9.17, 15) is 18.8 Å². The average Bonchev–Trinajstić information content (AvgIpc) is 3.19. The molecule has 4 rings (SSSR count). The van der Waals surface area contributed by atoms with E-state index in [0.29, 0.717) is 36.3 Å². The van der Waals surface area contributed by atoms with Gasteiger partial charge in [0, 0.05) is 38.3 Å². The number of anilines is 1. The number of benzene rings is 2. The molecule has 0 saturated carbocycles. The highest BCUT2D eigenvalue weighted by atomic mass is 19.1. The quantitative estimate of drug-likeness (QED) is 0.654. The molecule has 35 heavy (non-hydrogen) atoms. The highest BCUT2D eigenvalue weighted by Crippen LogP contribution is 2.35. The van der Waals surface area contributed by atoms with Gasteiger partial charge in [-0.05, 0) is 41.9 Å². The van der Waals surface area contributed by atoms with E-state index in [-0.39, 0.29) is 18.4 Å². The van der Waals surface area contributed by atoms with E-state index >= 15 is 0 Å². The molecule has 2 atom stereocenters. The number of hydrogen-bond donors (Lipinski definition) is 1. The summed E-state index contributed by atoms with van der Waals surface area (Å²) < 4.78 is 19.5. The maximum absolute atomic E-state index is 13.8. The molecule has 2 unspecified atom stereocenters. The molecular formula is C26H31FN4O4. The fourth-order valence-electron chi connectivity index (χ4n) is 4.50. The van der Waals surface area contributed by atoms with Gasteiger partial charge < -0.3 is 19.9 Å². The number of carbonyl (C=O) groups excluding carboxylic acids is 3. The Labute approximate surface area is 204 Å². The minimum absolute atomic E-state index is 0.0586. The second kappa shape index (κ2) is 10.9. The number of hydrogen-bond acceptors (Lipinski definition) is 5. The van der Waals surface area contributed by atoms with Gasteiger partial charge in [0.05, 0.1) is 6.54 Å². The van der Waals surface area contributed by atoms with Gasteiger partial charge in [-0.2, -0.15) is 0 Å².